The molecule has 2 saturated heterocycles. The first-order valence-corrected chi connectivity index (χ1v) is 22.7. The highest BCUT2D eigenvalue weighted by atomic mass is 16.8. The minimum absolute atomic E-state index is 0.0150. The van der Waals surface area contributed by atoms with Crippen molar-refractivity contribution >= 4 is 35.7 Å². The highest BCUT2D eigenvalue weighted by molar-refractivity contribution is 6.21. The molecule has 3 aliphatic rings. The first kappa shape index (κ1) is 51.2. The Morgan fingerprint density at radius 3 is 1.57 bits per heavy atom. The van der Waals surface area contributed by atoms with Gasteiger partial charge in [-0.3, -0.25) is 33.7 Å². The van der Waals surface area contributed by atoms with Gasteiger partial charge in [0.1, 0.15) is 55.2 Å². The Morgan fingerprint density at radius 1 is 0.557 bits per heavy atom. The average molecular weight is 968 g/mol. The summed E-state index contributed by atoms with van der Waals surface area (Å²) in [4.78, 5) is 81.5. The first-order chi connectivity index (χ1) is 33.5. The number of imide groups is 1. The van der Waals surface area contributed by atoms with E-state index in [1.807, 2.05) is 60.7 Å². The van der Waals surface area contributed by atoms with E-state index < -0.39 is 109 Å². The van der Waals surface area contributed by atoms with E-state index in [0.717, 1.165) is 36.8 Å². The molecule has 2 amide bonds. The van der Waals surface area contributed by atoms with Crippen molar-refractivity contribution in [2.24, 2.45) is 5.41 Å². The topological polar surface area (TPSA) is 207 Å². The van der Waals surface area contributed by atoms with Crippen LogP contribution in [0.4, 0.5) is 0 Å². The molecule has 70 heavy (non-hydrogen) atoms. The molecule has 0 aromatic heterocycles. The molecule has 372 valence electrons. The van der Waals surface area contributed by atoms with Crippen LogP contribution in [0.25, 0.3) is 0 Å². The Labute approximate surface area is 405 Å². The molecule has 3 heterocycles. The molecule has 18 heteroatoms. The fourth-order valence-corrected chi connectivity index (χ4v) is 8.24. The standard InChI is InChI=1S/C52H57NO17/c1-30(54)61-28-40-43(65-31(2)55)44(66-32(3)56)41(53-47(57)37-20-14-15-21-38(37)48(53)58)49(68-40)70-46-45(63-27-34-18-12-9-13-19-34)42(62-26-33-16-10-8-11-17-33)39(29-64-51(59)52(4,5)6)69-50(46)67-36-24-22-35(60-7)23-25-36/h8-25,39-46,49-50H,26-29H2,1-7H3/t39-,40-,41-,42-,43-,44-,45+,46+,49-,50+/m1/s1. The Balaban J connectivity index is 1.40. The predicted molar refractivity (Wildman–Crippen MR) is 245 cm³/mol. The highest BCUT2D eigenvalue weighted by Crippen LogP contribution is 2.39. The normalized spacial score (nSPS) is 25.3. The lowest BCUT2D eigenvalue weighted by atomic mass is 9.93. The van der Waals surface area contributed by atoms with Crippen molar-refractivity contribution in [3.8, 4) is 11.5 Å². The van der Waals surface area contributed by atoms with Crippen LogP contribution in [0.5, 0.6) is 11.5 Å². The molecule has 0 saturated carbocycles. The Hall–Kier alpha value is -6.70. The quantitative estimate of drug-likeness (QED) is 0.0660. The van der Waals surface area contributed by atoms with Gasteiger partial charge in [-0.15, -0.1) is 0 Å². The van der Waals surface area contributed by atoms with Gasteiger partial charge in [0.15, 0.2) is 24.6 Å². The fraction of sp³-hybridized carbons (Fsp3) is 0.423. The van der Waals surface area contributed by atoms with Gasteiger partial charge in [-0.25, -0.2) is 0 Å². The minimum Gasteiger partial charge on any atom is -0.497 e. The fourth-order valence-electron chi connectivity index (χ4n) is 8.24. The largest absolute Gasteiger partial charge is 0.497 e. The second kappa shape index (κ2) is 22.8. The van der Waals surface area contributed by atoms with E-state index in [2.05, 4.69) is 0 Å². The van der Waals surface area contributed by atoms with Crippen LogP contribution in [0.15, 0.2) is 109 Å². The second-order valence-electron chi connectivity index (χ2n) is 17.8. The number of carbonyl (C=O) groups is 6. The molecule has 18 nitrogen and oxygen atoms in total. The van der Waals surface area contributed by atoms with E-state index in [-0.39, 0.29) is 36.7 Å². The van der Waals surface area contributed by atoms with Crippen molar-refractivity contribution in [2.45, 2.75) is 116 Å². The van der Waals surface area contributed by atoms with Gasteiger partial charge in [-0.1, -0.05) is 72.8 Å². The zero-order chi connectivity index (χ0) is 50.1. The van der Waals surface area contributed by atoms with Gasteiger partial charge in [-0.05, 0) is 68.3 Å². The minimum atomic E-state index is -1.82. The zero-order valence-electron chi connectivity index (χ0n) is 39.9. The lowest BCUT2D eigenvalue weighted by Gasteiger charge is -2.50. The third kappa shape index (κ3) is 12.4. The van der Waals surface area contributed by atoms with Gasteiger partial charge < -0.3 is 52.1 Å². The van der Waals surface area contributed by atoms with Crippen molar-refractivity contribution in [1.82, 2.24) is 4.90 Å². The molecule has 0 radical (unpaired) electrons. The van der Waals surface area contributed by atoms with Crippen LogP contribution in [0.1, 0.15) is 73.4 Å². The van der Waals surface area contributed by atoms with Crippen molar-refractivity contribution in [3.05, 3.63) is 131 Å². The molecule has 3 aliphatic heterocycles. The van der Waals surface area contributed by atoms with Crippen molar-refractivity contribution < 1.29 is 80.9 Å². The highest BCUT2D eigenvalue weighted by Gasteiger charge is 2.60. The van der Waals surface area contributed by atoms with Gasteiger partial charge in [0.25, 0.3) is 11.8 Å². The molecular formula is C52H57NO17. The van der Waals surface area contributed by atoms with E-state index in [1.54, 1.807) is 57.2 Å². The maximum absolute atomic E-state index is 14.5. The van der Waals surface area contributed by atoms with Crippen LogP contribution in [0, 0.1) is 5.41 Å². The monoisotopic (exact) mass is 967 g/mol. The van der Waals surface area contributed by atoms with Crippen molar-refractivity contribution in [1.29, 1.82) is 0 Å². The first-order valence-electron chi connectivity index (χ1n) is 22.7. The Kier molecular flexibility index (Phi) is 16.7. The summed E-state index contributed by atoms with van der Waals surface area (Å²) in [6.45, 7) is 7.57. The summed E-state index contributed by atoms with van der Waals surface area (Å²) in [5.41, 5.74) is 0.694. The molecule has 0 aliphatic carbocycles. The lowest BCUT2D eigenvalue weighted by molar-refractivity contribution is -0.356. The number of hydrogen-bond acceptors (Lipinski definition) is 17. The number of ether oxygens (including phenoxy) is 11. The third-order valence-corrected chi connectivity index (χ3v) is 11.5. The molecule has 4 aromatic rings. The Bertz CT molecular complexity index is 2420. The van der Waals surface area contributed by atoms with Crippen LogP contribution in [-0.4, -0.2) is 122 Å². The zero-order valence-corrected chi connectivity index (χ0v) is 39.9. The number of carbonyl (C=O) groups excluding carboxylic acids is 6. The molecule has 0 spiro atoms. The number of rotatable bonds is 18. The van der Waals surface area contributed by atoms with Crippen LogP contribution in [0.3, 0.4) is 0 Å². The molecule has 4 aromatic carbocycles. The van der Waals surface area contributed by atoms with Crippen LogP contribution in [-0.2, 0) is 75.0 Å². The third-order valence-electron chi connectivity index (χ3n) is 11.5. The summed E-state index contributed by atoms with van der Waals surface area (Å²) < 4.78 is 69.1. The van der Waals surface area contributed by atoms with E-state index >= 15 is 0 Å². The van der Waals surface area contributed by atoms with E-state index in [9.17, 15) is 28.8 Å². The molecule has 0 N–H and O–H groups in total. The predicted octanol–water partition coefficient (Wildman–Crippen LogP) is 5.76. The molecular weight excluding hydrogens is 911 g/mol. The van der Waals surface area contributed by atoms with Gasteiger partial charge >= 0.3 is 23.9 Å². The number of hydrogen-bond donors (Lipinski definition) is 0. The molecule has 0 unspecified atom stereocenters. The van der Waals surface area contributed by atoms with Gasteiger partial charge in [0, 0.05) is 20.8 Å². The maximum atomic E-state index is 14.5. The molecule has 10 atom stereocenters. The number of esters is 4. The van der Waals surface area contributed by atoms with Gasteiger partial charge in [-0.2, -0.15) is 0 Å². The number of amides is 2. The summed E-state index contributed by atoms with van der Waals surface area (Å²) >= 11 is 0. The van der Waals surface area contributed by atoms with Crippen molar-refractivity contribution in [3.63, 3.8) is 0 Å². The summed E-state index contributed by atoms with van der Waals surface area (Å²) in [6, 6.07) is 29.5. The second-order valence-corrected chi connectivity index (χ2v) is 17.8. The van der Waals surface area contributed by atoms with Gasteiger partial charge in [0.2, 0.25) is 6.29 Å². The van der Waals surface area contributed by atoms with E-state index in [0.29, 0.717) is 5.75 Å². The van der Waals surface area contributed by atoms with Crippen molar-refractivity contribution in [2.75, 3.05) is 20.3 Å². The van der Waals surface area contributed by atoms with Crippen LogP contribution in [0.2, 0.25) is 0 Å². The van der Waals surface area contributed by atoms with Gasteiger partial charge in [0.05, 0.1) is 36.9 Å². The molecule has 2 fully saturated rings. The SMILES string of the molecule is COc1ccc(O[C@H]2O[C@H](COC(=O)C(C)(C)C)[C@@H](OCc3ccccc3)[C@H](OCc3ccccc3)[C@@H]2O[C@H]2O[C@H](COC(C)=O)[C@@H](OC(C)=O)[C@H](OC(C)=O)[C@H]2N2C(=O)c3ccccc3C2=O)cc1. The van der Waals surface area contributed by atoms with E-state index in [1.165, 1.54) is 19.2 Å². The number of methoxy groups -OCH3 is 1. The molecule has 0 bridgehead atoms. The smallest absolute Gasteiger partial charge is 0.311 e. The number of fused-ring (bicyclic) bond motifs is 1. The summed E-state index contributed by atoms with van der Waals surface area (Å²) in [5, 5.41) is 0. The number of benzene rings is 4. The molecule has 7 rings (SSSR count). The van der Waals surface area contributed by atoms with Crippen LogP contribution >= 0.6 is 0 Å². The van der Waals surface area contributed by atoms with E-state index in [4.69, 9.17) is 52.1 Å². The maximum Gasteiger partial charge on any atom is 0.311 e. The summed E-state index contributed by atoms with van der Waals surface area (Å²) in [6.07, 6.45) is -13.0. The lowest BCUT2D eigenvalue weighted by Crippen LogP contribution is -2.70. The average Bonchev–Trinajstić information content (AvgIpc) is 3.58. The summed E-state index contributed by atoms with van der Waals surface area (Å²) in [7, 11) is 1.51. The number of nitrogens with zero attached hydrogens (tertiary/aromatic N) is 1. The van der Waals surface area contributed by atoms with Crippen LogP contribution < -0.4 is 9.47 Å². The Morgan fingerprint density at radius 2 is 1.04 bits per heavy atom. The summed E-state index contributed by atoms with van der Waals surface area (Å²) in [5.74, 6) is -3.80.